The van der Waals surface area contributed by atoms with Gasteiger partial charge in [-0.05, 0) is 24.3 Å². The second-order valence-corrected chi connectivity index (χ2v) is 7.36. The number of anilines is 3. The van der Waals surface area contributed by atoms with Crippen molar-refractivity contribution < 1.29 is 23.9 Å². The molecule has 0 unspecified atom stereocenters. The molecule has 8 heteroatoms. The number of benzene rings is 2. The Morgan fingerprint density at radius 3 is 2.69 bits per heavy atom. The summed E-state index contributed by atoms with van der Waals surface area (Å²) in [6.45, 7) is 3.54. The number of para-hydroxylation sites is 2. The molecule has 0 saturated carbocycles. The molecular weight excluding hydrogens is 374 g/mol. The first-order valence-corrected chi connectivity index (χ1v) is 9.32. The van der Waals surface area contributed by atoms with Crippen LogP contribution in [0.25, 0.3) is 0 Å². The predicted molar refractivity (Wildman–Crippen MR) is 107 cm³/mol. The van der Waals surface area contributed by atoms with Gasteiger partial charge in [0.15, 0.2) is 11.5 Å². The van der Waals surface area contributed by atoms with Gasteiger partial charge in [0.25, 0.3) is 0 Å². The van der Waals surface area contributed by atoms with E-state index in [-0.39, 0.29) is 37.1 Å². The summed E-state index contributed by atoms with van der Waals surface area (Å²) in [5.74, 6) is -0.412. The molecule has 0 atom stereocenters. The fourth-order valence-electron chi connectivity index (χ4n) is 3.33. The summed E-state index contributed by atoms with van der Waals surface area (Å²) in [6, 6.07) is 12.2. The third-order valence-electron chi connectivity index (χ3n) is 4.58. The highest BCUT2D eigenvalue weighted by Crippen LogP contribution is 2.40. The molecule has 29 heavy (non-hydrogen) atoms. The van der Waals surface area contributed by atoms with Crippen LogP contribution >= 0.6 is 0 Å². The summed E-state index contributed by atoms with van der Waals surface area (Å²) in [7, 11) is 0. The van der Waals surface area contributed by atoms with Gasteiger partial charge in [0.05, 0.1) is 11.4 Å². The van der Waals surface area contributed by atoms with Crippen molar-refractivity contribution >= 4 is 34.8 Å². The van der Waals surface area contributed by atoms with E-state index in [1.54, 1.807) is 56.3 Å². The molecule has 0 spiro atoms. The number of hydrogen-bond donors (Lipinski definition) is 2. The lowest BCUT2D eigenvalue weighted by Crippen LogP contribution is -2.42. The first-order valence-electron chi connectivity index (χ1n) is 9.32. The minimum Gasteiger partial charge on any atom is -0.449 e. The van der Waals surface area contributed by atoms with E-state index in [0.717, 1.165) is 0 Å². The molecule has 2 aromatic rings. The number of carbonyl (C=O) groups is 3. The Balaban J connectivity index is 1.36. The summed E-state index contributed by atoms with van der Waals surface area (Å²) in [5.41, 5.74) is 1.78. The SMILES string of the molecule is CC1(C)Oc2ccc(NC(=O)CCC(=O)N3CC(=O)Nc4ccccc43)cc2O1. The topological polar surface area (TPSA) is 97.0 Å². The van der Waals surface area contributed by atoms with Gasteiger partial charge in [-0.1, -0.05) is 12.1 Å². The highest BCUT2D eigenvalue weighted by atomic mass is 16.7. The Hall–Kier alpha value is -3.55. The number of amides is 3. The summed E-state index contributed by atoms with van der Waals surface area (Å²) < 4.78 is 11.3. The molecule has 2 aliphatic rings. The number of rotatable bonds is 4. The maximum atomic E-state index is 12.6. The zero-order valence-electron chi connectivity index (χ0n) is 16.2. The molecular formula is C21H21N3O5. The van der Waals surface area contributed by atoms with Crippen molar-refractivity contribution in [3.8, 4) is 11.5 Å². The van der Waals surface area contributed by atoms with Crippen LogP contribution in [-0.2, 0) is 14.4 Å². The Morgan fingerprint density at radius 1 is 1.10 bits per heavy atom. The van der Waals surface area contributed by atoms with Gasteiger partial charge in [0, 0.05) is 38.4 Å². The second-order valence-electron chi connectivity index (χ2n) is 7.36. The molecule has 0 saturated heterocycles. The summed E-state index contributed by atoms with van der Waals surface area (Å²) in [5, 5.41) is 5.49. The largest absolute Gasteiger partial charge is 0.449 e. The van der Waals surface area contributed by atoms with Crippen molar-refractivity contribution in [2.75, 3.05) is 22.1 Å². The molecule has 2 aliphatic heterocycles. The number of ether oxygens (including phenoxy) is 2. The molecule has 2 N–H and O–H groups in total. The van der Waals surface area contributed by atoms with E-state index in [4.69, 9.17) is 9.47 Å². The van der Waals surface area contributed by atoms with Crippen molar-refractivity contribution in [3.05, 3.63) is 42.5 Å². The first-order chi connectivity index (χ1) is 13.8. The van der Waals surface area contributed by atoms with Crippen LogP contribution in [0.3, 0.4) is 0 Å². The fraction of sp³-hybridized carbons (Fsp3) is 0.286. The average Bonchev–Trinajstić information content (AvgIpc) is 2.98. The highest BCUT2D eigenvalue weighted by molar-refractivity contribution is 6.10. The van der Waals surface area contributed by atoms with E-state index in [2.05, 4.69) is 10.6 Å². The molecule has 0 radical (unpaired) electrons. The van der Waals surface area contributed by atoms with Crippen molar-refractivity contribution in [3.63, 3.8) is 0 Å². The minimum absolute atomic E-state index is 0.000938. The zero-order chi connectivity index (χ0) is 20.6. The molecule has 8 nitrogen and oxygen atoms in total. The third kappa shape index (κ3) is 4.01. The molecule has 0 fully saturated rings. The molecule has 3 amide bonds. The van der Waals surface area contributed by atoms with Gasteiger partial charge < -0.3 is 25.0 Å². The maximum Gasteiger partial charge on any atom is 0.246 e. The van der Waals surface area contributed by atoms with Gasteiger partial charge >= 0.3 is 0 Å². The van der Waals surface area contributed by atoms with Crippen molar-refractivity contribution in [1.82, 2.24) is 0 Å². The lowest BCUT2D eigenvalue weighted by Gasteiger charge is -2.29. The predicted octanol–water partition coefficient (Wildman–Crippen LogP) is 2.90. The Kier molecular flexibility index (Phi) is 4.62. The molecule has 4 rings (SSSR count). The lowest BCUT2D eigenvalue weighted by molar-refractivity contribution is -0.124. The van der Waals surface area contributed by atoms with Crippen LogP contribution in [0.15, 0.2) is 42.5 Å². The van der Waals surface area contributed by atoms with Crippen molar-refractivity contribution in [2.45, 2.75) is 32.5 Å². The van der Waals surface area contributed by atoms with Crippen LogP contribution in [0, 0.1) is 0 Å². The standard InChI is InChI=1S/C21H21N3O5/c1-21(2)28-16-8-7-13(11-17(16)29-21)22-18(25)9-10-20(27)24-12-19(26)23-14-5-3-4-6-15(14)24/h3-8,11H,9-10,12H2,1-2H3,(H,22,25)(H,23,26). The Labute approximate surface area is 167 Å². The van der Waals surface area contributed by atoms with E-state index >= 15 is 0 Å². The molecule has 0 bridgehead atoms. The summed E-state index contributed by atoms with van der Waals surface area (Å²) in [6.07, 6.45) is -0.00984. The van der Waals surface area contributed by atoms with Crippen LogP contribution < -0.4 is 25.0 Å². The number of carbonyl (C=O) groups excluding carboxylic acids is 3. The van der Waals surface area contributed by atoms with Crippen LogP contribution in [0.4, 0.5) is 17.1 Å². The van der Waals surface area contributed by atoms with Gasteiger partial charge in [-0.15, -0.1) is 0 Å². The summed E-state index contributed by atoms with van der Waals surface area (Å²) >= 11 is 0. The van der Waals surface area contributed by atoms with Crippen molar-refractivity contribution in [1.29, 1.82) is 0 Å². The van der Waals surface area contributed by atoms with Gasteiger partial charge in [0.1, 0.15) is 6.54 Å². The molecule has 0 aliphatic carbocycles. The zero-order valence-corrected chi connectivity index (χ0v) is 16.2. The maximum absolute atomic E-state index is 12.6. The van der Waals surface area contributed by atoms with E-state index in [1.807, 2.05) is 0 Å². The van der Waals surface area contributed by atoms with Gasteiger partial charge in [-0.25, -0.2) is 0 Å². The van der Waals surface area contributed by atoms with Crippen LogP contribution in [-0.4, -0.2) is 30.1 Å². The normalized spacial score (nSPS) is 16.1. The first kappa shape index (κ1) is 18.8. The van der Waals surface area contributed by atoms with Crippen LogP contribution in [0.5, 0.6) is 11.5 Å². The van der Waals surface area contributed by atoms with Crippen molar-refractivity contribution in [2.24, 2.45) is 0 Å². The van der Waals surface area contributed by atoms with Crippen LogP contribution in [0.1, 0.15) is 26.7 Å². The van der Waals surface area contributed by atoms with E-state index in [1.165, 1.54) is 4.90 Å². The lowest BCUT2D eigenvalue weighted by atomic mass is 10.1. The molecule has 2 aromatic carbocycles. The average molecular weight is 395 g/mol. The number of fused-ring (bicyclic) bond motifs is 2. The summed E-state index contributed by atoms with van der Waals surface area (Å²) in [4.78, 5) is 38.2. The number of hydrogen-bond acceptors (Lipinski definition) is 5. The Bertz CT molecular complexity index is 1000. The minimum atomic E-state index is -0.742. The second kappa shape index (κ2) is 7.12. The molecule has 0 aromatic heterocycles. The van der Waals surface area contributed by atoms with Gasteiger partial charge in [-0.2, -0.15) is 0 Å². The quantitative estimate of drug-likeness (QED) is 0.830. The van der Waals surface area contributed by atoms with Gasteiger partial charge in [-0.3, -0.25) is 14.4 Å². The molecule has 150 valence electrons. The monoisotopic (exact) mass is 395 g/mol. The Morgan fingerprint density at radius 2 is 1.86 bits per heavy atom. The smallest absolute Gasteiger partial charge is 0.246 e. The van der Waals surface area contributed by atoms with E-state index < -0.39 is 5.79 Å². The van der Waals surface area contributed by atoms with Gasteiger partial charge in [0.2, 0.25) is 23.5 Å². The fourth-order valence-corrected chi connectivity index (χ4v) is 3.33. The van der Waals surface area contributed by atoms with E-state index in [0.29, 0.717) is 28.6 Å². The van der Waals surface area contributed by atoms with E-state index in [9.17, 15) is 14.4 Å². The van der Waals surface area contributed by atoms with Crippen LogP contribution in [0.2, 0.25) is 0 Å². The number of nitrogens with one attached hydrogen (secondary N) is 2. The third-order valence-corrected chi connectivity index (χ3v) is 4.58. The molecule has 2 heterocycles. The number of nitrogens with zero attached hydrogens (tertiary/aromatic N) is 1. The highest BCUT2D eigenvalue weighted by Gasteiger charge is 2.32.